The molecule has 5 nitrogen and oxygen atoms in total. The Bertz CT molecular complexity index is 818. The van der Waals surface area contributed by atoms with Crippen molar-refractivity contribution in [2.24, 2.45) is 0 Å². The molecule has 0 radical (unpaired) electrons. The number of carbonyl (C=O) groups excluding carboxylic acids is 1. The van der Waals surface area contributed by atoms with Gasteiger partial charge >= 0.3 is 6.03 Å². The lowest BCUT2D eigenvalue weighted by molar-refractivity contribution is 0.187. The lowest BCUT2D eigenvalue weighted by Crippen LogP contribution is -2.45. The summed E-state index contributed by atoms with van der Waals surface area (Å²) in [7, 11) is 0. The van der Waals surface area contributed by atoms with E-state index in [1.54, 1.807) is 0 Å². The second-order valence-electron chi connectivity index (χ2n) is 7.89. The number of benzene rings is 1. The number of carbonyl (C=O) groups is 1. The molecule has 1 aromatic heterocycles. The SMILES string of the molecule is Cc1ccc(CC2CCCN2C(=O)NC2CCCc3nc(C)ncc32)cc1. The van der Waals surface area contributed by atoms with E-state index in [0.29, 0.717) is 0 Å². The number of hydrogen-bond acceptors (Lipinski definition) is 3. The van der Waals surface area contributed by atoms with Crippen LogP contribution in [0.2, 0.25) is 0 Å². The first-order valence-electron chi connectivity index (χ1n) is 10.1. The molecule has 1 fully saturated rings. The molecule has 2 aliphatic rings. The molecule has 4 rings (SSSR count). The number of amides is 2. The van der Waals surface area contributed by atoms with Gasteiger partial charge in [0.15, 0.2) is 0 Å². The number of likely N-dealkylation sites (tertiary alicyclic amines) is 1. The van der Waals surface area contributed by atoms with Crippen LogP contribution in [0.15, 0.2) is 30.5 Å². The number of nitrogens with one attached hydrogen (secondary N) is 1. The highest BCUT2D eigenvalue weighted by atomic mass is 16.2. The van der Waals surface area contributed by atoms with Gasteiger partial charge in [-0.3, -0.25) is 0 Å². The third-order valence-electron chi connectivity index (χ3n) is 5.83. The number of fused-ring (bicyclic) bond motifs is 1. The average Bonchev–Trinajstić information content (AvgIpc) is 3.12. The van der Waals surface area contributed by atoms with E-state index < -0.39 is 0 Å². The first-order chi connectivity index (χ1) is 13.1. The third kappa shape index (κ3) is 3.97. The molecule has 1 aromatic carbocycles. The van der Waals surface area contributed by atoms with Crippen molar-refractivity contribution in [2.75, 3.05) is 6.54 Å². The highest BCUT2D eigenvalue weighted by Crippen LogP contribution is 2.29. The molecule has 1 saturated heterocycles. The monoisotopic (exact) mass is 364 g/mol. The van der Waals surface area contributed by atoms with Gasteiger partial charge in [0.25, 0.3) is 0 Å². The fraction of sp³-hybridized carbons (Fsp3) is 0.500. The summed E-state index contributed by atoms with van der Waals surface area (Å²) in [6, 6.07) is 9.03. The largest absolute Gasteiger partial charge is 0.331 e. The van der Waals surface area contributed by atoms with Gasteiger partial charge in [-0.2, -0.15) is 0 Å². The highest BCUT2D eigenvalue weighted by molar-refractivity contribution is 5.75. The van der Waals surface area contributed by atoms with Crippen molar-refractivity contribution in [2.45, 2.75) is 64.5 Å². The summed E-state index contributed by atoms with van der Waals surface area (Å²) in [5, 5.41) is 3.27. The van der Waals surface area contributed by atoms with Crippen LogP contribution in [0, 0.1) is 13.8 Å². The third-order valence-corrected chi connectivity index (χ3v) is 5.83. The number of urea groups is 1. The molecule has 1 aliphatic carbocycles. The fourth-order valence-corrected chi connectivity index (χ4v) is 4.34. The van der Waals surface area contributed by atoms with Gasteiger partial charge in [-0.25, -0.2) is 14.8 Å². The smallest absolute Gasteiger partial charge is 0.318 e. The molecule has 1 N–H and O–H groups in total. The minimum Gasteiger partial charge on any atom is -0.331 e. The number of nitrogens with zero attached hydrogens (tertiary/aromatic N) is 3. The van der Waals surface area contributed by atoms with Gasteiger partial charge in [0.2, 0.25) is 0 Å². The van der Waals surface area contributed by atoms with E-state index in [1.807, 2.05) is 18.0 Å². The Morgan fingerprint density at radius 3 is 2.81 bits per heavy atom. The Balaban J connectivity index is 1.44. The van der Waals surface area contributed by atoms with Gasteiger partial charge in [0.05, 0.1) is 6.04 Å². The van der Waals surface area contributed by atoms with E-state index in [-0.39, 0.29) is 18.1 Å². The Kier molecular flexibility index (Phi) is 5.10. The van der Waals surface area contributed by atoms with Gasteiger partial charge in [-0.1, -0.05) is 29.8 Å². The van der Waals surface area contributed by atoms with Gasteiger partial charge in [-0.05, 0) is 57.9 Å². The Hall–Kier alpha value is -2.43. The van der Waals surface area contributed by atoms with Gasteiger partial charge in [0.1, 0.15) is 5.82 Å². The molecular formula is C22H28N4O. The second-order valence-corrected chi connectivity index (χ2v) is 7.89. The Morgan fingerprint density at radius 2 is 2.00 bits per heavy atom. The number of aromatic nitrogens is 2. The maximum Gasteiger partial charge on any atom is 0.318 e. The lowest BCUT2D eigenvalue weighted by atomic mass is 9.92. The molecule has 142 valence electrons. The highest BCUT2D eigenvalue weighted by Gasteiger charge is 2.31. The molecule has 2 atom stereocenters. The van der Waals surface area contributed by atoms with E-state index in [2.05, 4.69) is 46.5 Å². The van der Waals surface area contributed by atoms with Crippen LogP contribution in [-0.4, -0.2) is 33.5 Å². The van der Waals surface area contributed by atoms with Crippen LogP contribution in [0.3, 0.4) is 0 Å². The van der Waals surface area contributed by atoms with Gasteiger partial charge in [-0.15, -0.1) is 0 Å². The topological polar surface area (TPSA) is 58.1 Å². The van der Waals surface area contributed by atoms with Crippen molar-refractivity contribution in [1.29, 1.82) is 0 Å². The van der Waals surface area contributed by atoms with Crippen molar-refractivity contribution < 1.29 is 4.79 Å². The van der Waals surface area contributed by atoms with E-state index in [4.69, 9.17) is 0 Å². The number of rotatable bonds is 3. The summed E-state index contributed by atoms with van der Waals surface area (Å²) >= 11 is 0. The molecule has 2 heterocycles. The maximum absolute atomic E-state index is 13.0. The van der Waals surface area contributed by atoms with Crippen LogP contribution in [0.4, 0.5) is 4.79 Å². The molecule has 1 aliphatic heterocycles. The van der Waals surface area contributed by atoms with E-state index in [1.165, 1.54) is 11.1 Å². The normalized spacial score (nSPS) is 21.8. The molecule has 2 amide bonds. The molecule has 2 unspecified atom stereocenters. The predicted octanol–water partition coefficient (Wildman–Crippen LogP) is 3.89. The van der Waals surface area contributed by atoms with Crippen LogP contribution < -0.4 is 5.32 Å². The lowest BCUT2D eigenvalue weighted by Gasteiger charge is -2.30. The zero-order valence-corrected chi connectivity index (χ0v) is 16.2. The summed E-state index contributed by atoms with van der Waals surface area (Å²) < 4.78 is 0. The van der Waals surface area contributed by atoms with Crippen molar-refractivity contribution in [3.05, 3.63) is 58.7 Å². The van der Waals surface area contributed by atoms with Crippen LogP contribution in [0.5, 0.6) is 0 Å². The summed E-state index contributed by atoms with van der Waals surface area (Å²) in [4.78, 5) is 24.0. The van der Waals surface area contributed by atoms with Crippen LogP contribution in [0.1, 0.15) is 59.9 Å². The Labute approximate surface area is 161 Å². The summed E-state index contributed by atoms with van der Waals surface area (Å²) in [6.45, 7) is 4.86. The zero-order chi connectivity index (χ0) is 18.8. The molecule has 27 heavy (non-hydrogen) atoms. The molecular weight excluding hydrogens is 336 g/mol. The first kappa shape index (κ1) is 18.0. The molecule has 0 saturated carbocycles. The second kappa shape index (κ2) is 7.67. The minimum absolute atomic E-state index is 0.0301. The van der Waals surface area contributed by atoms with Crippen molar-refractivity contribution in [3.8, 4) is 0 Å². The standard InChI is InChI=1S/C22H28N4O/c1-15-8-10-17(11-9-15)13-18-5-4-12-26(18)22(27)25-21-7-3-6-20-19(21)14-23-16(2)24-20/h8-11,14,18,21H,3-7,12-13H2,1-2H3,(H,25,27). The Morgan fingerprint density at radius 1 is 1.19 bits per heavy atom. The van der Waals surface area contributed by atoms with Gasteiger partial charge < -0.3 is 10.2 Å². The first-order valence-corrected chi connectivity index (χ1v) is 10.1. The van der Waals surface area contributed by atoms with Crippen LogP contribution in [-0.2, 0) is 12.8 Å². The minimum atomic E-state index is 0.0301. The van der Waals surface area contributed by atoms with Crippen molar-refractivity contribution in [1.82, 2.24) is 20.2 Å². The molecule has 5 heteroatoms. The summed E-state index contributed by atoms with van der Waals surface area (Å²) in [5.74, 6) is 0.804. The summed E-state index contributed by atoms with van der Waals surface area (Å²) in [6.07, 6.45) is 7.97. The van der Waals surface area contributed by atoms with Crippen LogP contribution >= 0.6 is 0 Å². The average molecular weight is 364 g/mol. The summed E-state index contributed by atoms with van der Waals surface area (Å²) in [5.41, 5.74) is 4.76. The number of hydrogen-bond donors (Lipinski definition) is 1. The van der Waals surface area contributed by atoms with E-state index in [9.17, 15) is 4.79 Å². The molecule has 0 bridgehead atoms. The molecule has 0 spiro atoms. The van der Waals surface area contributed by atoms with E-state index in [0.717, 1.165) is 62.2 Å². The van der Waals surface area contributed by atoms with Crippen molar-refractivity contribution in [3.63, 3.8) is 0 Å². The number of aryl methyl sites for hydroxylation is 3. The predicted molar refractivity (Wildman–Crippen MR) is 106 cm³/mol. The van der Waals surface area contributed by atoms with Gasteiger partial charge in [0, 0.05) is 30.0 Å². The maximum atomic E-state index is 13.0. The van der Waals surface area contributed by atoms with E-state index >= 15 is 0 Å². The van der Waals surface area contributed by atoms with Crippen LogP contribution in [0.25, 0.3) is 0 Å². The molecule has 2 aromatic rings. The zero-order valence-electron chi connectivity index (χ0n) is 16.2. The fourth-order valence-electron chi connectivity index (χ4n) is 4.34. The quantitative estimate of drug-likeness (QED) is 0.899. The van der Waals surface area contributed by atoms with Crippen molar-refractivity contribution >= 4 is 6.03 Å².